The first-order valence-electron chi connectivity index (χ1n) is 8.86. The van der Waals surface area contributed by atoms with Crippen LogP contribution in [0.3, 0.4) is 0 Å². The molecule has 3 heterocycles. The summed E-state index contributed by atoms with van der Waals surface area (Å²) in [4.78, 5) is 17.7. The summed E-state index contributed by atoms with van der Waals surface area (Å²) in [5, 5.41) is 13.1. The molecule has 2 aromatic heterocycles. The van der Waals surface area contributed by atoms with Gasteiger partial charge in [-0.3, -0.25) is 4.79 Å². The predicted molar refractivity (Wildman–Crippen MR) is 102 cm³/mol. The zero-order chi connectivity index (χ0) is 18.1. The summed E-state index contributed by atoms with van der Waals surface area (Å²) in [5.41, 5.74) is 3.93. The molecule has 3 aromatic rings. The van der Waals surface area contributed by atoms with Crippen LogP contribution in [0.15, 0.2) is 24.5 Å². The molecule has 0 bridgehead atoms. The summed E-state index contributed by atoms with van der Waals surface area (Å²) >= 11 is 1.49. The molecule has 7 nitrogen and oxygen atoms in total. The van der Waals surface area contributed by atoms with Crippen LogP contribution in [0, 0.1) is 13.8 Å². The maximum absolute atomic E-state index is 12.5. The minimum atomic E-state index is 0.205. The van der Waals surface area contributed by atoms with Gasteiger partial charge >= 0.3 is 0 Å². The van der Waals surface area contributed by atoms with Gasteiger partial charge in [0.2, 0.25) is 10.9 Å². The number of hydrogen-bond donors (Lipinski definition) is 0. The van der Waals surface area contributed by atoms with Crippen molar-refractivity contribution in [3.05, 3.63) is 40.7 Å². The minimum Gasteiger partial charge on any atom is -0.368 e. The third kappa shape index (κ3) is 3.29. The van der Waals surface area contributed by atoms with Crippen LogP contribution in [0.25, 0.3) is 4.96 Å². The highest BCUT2D eigenvalue weighted by Crippen LogP contribution is 2.24. The summed E-state index contributed by atoms with van der Waals surface area (Å²) in [5.74, 6) is 0.205. The number of fused-ring (bicyclic) bond motifs is 1. The molecule has 0 N–H and O–H groups in total. The van der Waals surface area contributed by atoms with Gasteiger partial charge < -0.3 is 9.80 Å². The average Bonchev–Trinajstić information content (AvgIpc) is 3.24. The summed E-state index contributed by atoms with van der Waals surface area (Å²) in [6.07, 6.45) is 2.74. The Kier molecular flexibility index (Phi) is 4.58. The lowest BCUT2D eigenvalue weighted by atomic mass is 10.1. The normalized spacial score (nSPS) is 15.0. The van der Waals surface area contributed by atoms with Crippen LogP contribution in [0.2, 0.25) is 0 Å². The van der Waals surface area contributed by atoms with Crippen molar-refractivity contribution in [3.8, 4) is 0 Å². The molecule has 1 saturated heterocycles. The van der Waals surface area contributed by atoms with Crippen LogP contribution in [0.4, 0.5) is 5.69 Å². The Morgan fingerprint density at radius 1 is 1.19 bits per heavy atom. The number of anilines is 1. The Hall–Kier alpha value is -2.48. The molecule has 136 valence electrons. The van der Waals surface area contributed by atoms with Gasteiger partial charge in [-0.15, -0.1) is 10.2 Å². The van der Waals surface area contributed by atoms with E-state index in [1.54, 1.807) is 10.8 Å². The number of nitrogens with zero attached hydrogens (tertiary/aromatic N) is 6. The molecule has 1 aliphatic rings. The smallest absolute Gasteiger partial charge is 0.234 e. The van der Waals surface area contributed by atoms with Gasteiger partial charge in [0.1, 0.15) is 11.3 Å². The third-order valence-corrected chi connectivity index (χ3v) is 6.00. The van der Waals surface area contributed by atoms with E-state index in [1.165, 1.54) is 28.2 Å². The summed E-state index contributed by atoms with van der Waals surface area (Å²) < 4.78 is 1.66. The number of amides is 1. The van der Waals surface area contributed by atoms with Crippen LogP contribution < -0.4 is 4.90 Å². The second kappa shape index (κ2) is 7.03. The van der Waals surface area contributed by atoms with Crippen LogP contribution in [0.5, 0.6) is 0 Å². The van der Waals surface area contributed by atoms with E-state index in [-0.39, 0.29) is 5.91 Å². The monoisotopic (exact) mass is 370 g/mol. The maximum atomic E-state index is 12.5. The van der Waals surface area contributed by atoms with E-state index >= 15 is 0 Å². The summed E-state index contributed by atoms with van der Waals surface area (Å²) in [6, 6.07) is 6.42. The summed E-state index contributed by atoms with van der Waals surface area (Å²) in [6.45, 7) is 7.63. The first kappa shape index (κ1) is 17.0. The lowest BCUT2D eigenvalue weighted by molar-refractivity contribution is -0.131. The van der Waals surface area contributed by atoms with Gasteiger partial charge in [0, 0.05) is 44.7 Å². The molecule has 8 heteroatoms. The molecule has 0 aliphatic carbocycles. The Bertz CT molecular complexity index is 896. The highest BCUT2D eigenvalue weighted by atomic mass is 32.1. The first-order chi connectivity index (χ1) is 12.6. The van der Waals surface area contributed by atoms with E-state index in [1.807, 2.05) is 4.90 Å². The number of carbonyl (C=O) groups is 1. The molecule has 1 aromatic carbocycles. The number of hydrogen-bond acceptors (Lipinski definition) is 6. The SMILES string of the molecule is Cc1cccc(N2CCN(C(=O)CCc3nn4cnnc4s3)CC2)c1C. The van der Waals surface area contributed by atoms with Gasteiger partial charge in [-0.1, -0.05) is 23.5 Å². The number of piperazine rings is 1. The molecule has 1 aliphatic heterocycles. The number of carbonyl (C=O) groups excluding carboxylic acids is 1. The highest BCUT2D eigenvalue weighted by Gasteiger charge is 2.22. The number of aryl methyl sites for hydroxylation is 2. The van der Waals surface area contributed by atoms with E-state index < -0.39 is 0 Å². The first-order valence-corrected chi connectivity index (χ1v) is 9.68. The Morgan fingerprint density at radius 3 is 2.77 bits per heavy atom. The van der Waals surface area contributed by atoms with E-state index in [0.29, 0.717) is 12.8 Å². The fraction of sp³-hybridized carbons (Fsp3) is 0.444. The van der Waals surface area contributed by atoms with Crippen LogP contribution in [0.1, 0.15) is 22.6 Å². The van der Waals surface area contributed by atoms with Crippen molar-refractivity contribution in [2.75, 3.05) is 31.1 Å². The Labute approximate surface area is 156 Å². The largest absolute Gasteiger partial charge is 0.368 e. The second-order valence-electron chi connectivity index (χ2n) is 6.64. The van der Waals surface area contributed by atoms with Gasteiger partial charge in [0.05, 0.1) is 0 Å². The lowest BCUT2D eigenvalue weighted by Gasteiger charge is -2.37. The van der Waals surface area contributed by atoms with Crippen molar-refractivity contribution in [1.29, 1.82) is 0 Å². The van der Waals surface area contributed by atoms with Crippen molar-refractivity contribution in [1.82, 2.24) is 24.7 Å². The van der Waals surface area contributed by atoms with E-state index in [0.717, 1.165) is 36.1 Å². The lowest BCUT2D eigenvalue weighted by Crippen LogP contribution is -2.49. The fourth-order valence-electron chi connectivity index (χ4n) is 3.35. The average molecular weight is 370 g/mol. The van der Waals surface area contributed by atoms with Crippen molar-refractivity contribution in [2.24, 2.45) is 0 Å². The second-order valence-corrected chi connectivity index (χ2v) is 7.68. The quantitative estimate of drug-likeness (QED) is 0.703. The van der Waals surface area contributed by atoms with Gasteiger partial charge in [-0.2, -0.15) is 9.61 Å². The molecular weight excluding hydrogens is 348 g/mol. The maximum Gasteiger partial charge on any atom is 0.234 e. The minimum absolute atomic E-state index is 0.205. The molecule has 26 heavy (non-hydrogen) atoms. The third-order valence-electron chi connectivity index (χ3n) is 5.03. The predicted octanol–water partition coefficient (Wildman–Crippen LogP) is 2.08. The van der Waals surface area contributed by atoms with Crippen molar-refractivity contribution >= 4 is 27.9 Å². The van der Waals surface area contributed by atoms with E-state index in [2.05, 4.69) is 52.2 Å². The fourth-order valence-corrected chi connectivity index (χ4v) is 4.16. The van der Waals surface area contributed by atoms with Crippen molar-refractivity contribution < 1.29 is 4.79 Å². The molecule has 0 radical (unpaired) electrons. The topological polar surface area (TPSA) is 66.6 Å². The van der Waals surface area contributed by atoms with Crippen LogP contribution in [-0.4, -0.2) is 56.8 Å². The van der Waals surface area contributed by atoms with Crippen LogP contribution in [-0.2, 0) is 11.2 Å². The molecule has 4 rings (SSSR count). The molecule has 0 saturated carbocycles. The number of rotatable bonds is 4. The Balaban J connectivity index is 1.31. The van der Waals surface area contributed by atoms with Gasteiger partial charge in [-0.25, -0.2) is 0 Å². The number of aromatic nitrogens is 4. The molecule has 0 atom stereocenters. The van der Waals surface area contributed by atoms with Gasteiger partial charge in [0.15, 0.2) is 0 Å². The summed E-state index contributed by atoms with van der Waals surface area (Å²) in [7, 11) is 0. The molecule has 1 fully saturated rings. The van der Waals surface area contributed by atoms with Crippen LogP contribution >= 0.6 is 11.3 Å². The zero-order valence-corrected chi connectivity index (χ0v) is 15.9. The van der Waals surface area contributed by atoms with Crippen molar-refractivity contribution in [3.63, 3.8) is 0 Å². The molecule has 0 unspecified atom stereocenters. The Morgan fingerprint density at radius 2 is 2.00 bits per heavy atom. The van der Waals surface area contributed by atoms with E-state index in [4.69, 9.17) is 0 Å². The van der Waals surface area contributed by atoms with Gasteiger partial charge in [-0.05, 0) is 31.0 Å². The highest BCUT2D eigenvalue weighted by molar-refractivity contribution is 7.16. The number of benzene rings is 1. The zero-order valence-electron chi connectivity index (χ0n) is 15.1. The van der Waals surface area contributed by atoms with Crippen molar-refractivity contribution in [2.45, 2.75) is 26.7 Å². The van der Waals surface area contributed by atoms with Gasteiger partial charge in [0.25, 0.3) is 0 Å². The van der Waals surface area contributed by atoms with E-state index in [9.17, 15) is 4.79 Å². The molecule has 0 spiro atoms. The standard InChI is InChI=1S/C18H22N6OS/c1-13-4-3-5-15(14(13)2)22-8-10-23(11-9-22)17(25)7-6-16-21-24-12-19-20-18(24)26-16/h3-5,12H,6-11H2,1-2H3. The molecular formula is C18H22N6OS. The molecule has 1 amide bonds.